The highest BCUT2D eigenvalue weighted by atomic mass is 32.2. The number of sulfonamides is 1. The molecule has 23 heavy (non-hydrogen) atoms. The molecule has 0 saturated carbocycles. The third kappa shape index (κ3) is 3.88. The van der Waals surface area contributed by atoms with Gasteiger partial charge < -0.3 is 10.1 Å². The van der Waals surface area contributed by atoms with Crippen LogP contribution in [-0.4, -0.2) is 62.5 Å². The molecule has 6 nitrogen and oxygen atoms in total. The van der Waals surface area contributed by atoms with Crippen molar-refractivity contribution in [3.8, 4) is 0 Å². The van der Waals surface area contributed by atoms with Gasteiger partial charge in [0.1, 0.15) is 0 Å². The number of nitrogens with one attached hydrogen (secondary N) is 1. The smallest absolute Gasteiger partial charge is 0.251 e. The van der Waals surface area contributed by atoms with Gasteiger partial charge in [0, 0.05) is 36.8 Å². The van der Waals surface area contributed by atoms with Crippen LogP contribution in [0.15, 0.2) is 29.2 Å². The lowest BCUT2D eigenvalue weighted by molar-refractivity contribution is 0.0930. The summed E-state index contributed by atoms with van der Waals surface area (Å²) < 4.78 is 31.8. The number of rotatable bonds is 4. The molecule has 1 amide bonds. The lowest BCUT2D eigenvalue weighted by Gasteiger charge is -2.25. The molecule has 0 aromatic heterocycles. The predicted octanol–water partition coefficient (Wildman–Crippen LogP) is 0.943. The summed E-state index contributed by atoms with van der Waals surface area (Å²) in [6, 6.07) is 6.19. The Morgan fingerprint density at radius 3 is 2.52 bits per heavy atom. The topological polar surface area (TPSA) is 75.7 Å². The van der Waals surface area contributed by atoms with E-state index in [9.17, 15) is 13.2 Å². The van der Waals surface area contributed by atoms with Crippen molar-refractivity contribution in [2.24, 2.45) is 0 Å². The zero-order valence-electron chi connectivity index (χ0n) is 12.7. The van der Waals surface area contributed by atoms with Crippen LogP contribution in [0.4, 0.5) is 0 Å². The first-order valence-electron chi connectivity index (χ1n) is 7.64. The molecule has 126 valence electrons. The summed E-state index contributed by atoms with van der Waals surface area (Å²) >= 11 is 1.76. The highest BCUT2D eigenvalue weighted by Gasteiger charge is 2.26. The molecule has 3 rings (SSSR count). The minimum absolute atomic E-state index is 0.0387. The molecule has 8 heteroatoms. The Hall–Kier alpha value is -1.09. The van der Waals surface area contributed by atoms with Crippen LogP contribution in [0.25, 0.3) is 0 Å². The van der Waals surface area contributed by atoms with Crippen LogP contribution < -0.4 is 5.32 Å². The Labute approximate surface area is 140 Å². The molecular formula is C15H20N2O4S2. The van der Waals surface area contributed by atoms with Crippen molar-refractivity contribution < 1.29 is 17.9 Å². The van der Waals surface area contributed by atoms with Crippen LogP contribution in [0.1, 0.15) is 16.8 Å². The van der Waals surface area contributed by atoms with E-state index >= 15 is 0 Å². The van der Waals surface area contributed by atoms with Gasteiger partial charge in [-0.25, -0.2) is 8.42 Å². The molecule has 0 aliphatic carbocycles. The summed E-state index contributed by atoms with van der Waals surface area (Å²) in [6.45, 7) is 2.27. The molecule has 0 unspecified atom stereocenters. The van der Waals surface area contributed by atoms with Gasteiger partial charge in [-0.2, -0.15) is 16.1 Å². The van der Waals surface area contributed by atoms with E-state index in [0.29, 0.717) is 31.9 Å². The molecule has 1 aromatic carbocycles. The van der Waals surface area contributed by atoms with Gasteiger partial charge in [0.15, 0.2) is 0 Å². The molecule has 2 aliphatic rings. The predicted molar refractivity (Wildman–Crippen MR) is 89.2 cm³/mol. The van der Waals surface area contributed by atoms with E-state index in [4.69, 9.17) is 4.74 Å². The molecule has 2 heterocycles. The van der Waals surface area contributed by atoms with Crippen LogP contribution in [0.3, 0.4) is 0 Å². The Balaban J connectivity index is 1.69. The highest BCUT2D eigenvalue weighted by molar-refractivity contribution is 7.99. The van der Waals surface area contributed by atoms with Gasteiger partial charge in [-0.05, 0) is 30.7 Å². The SMILES string of the molecule is O=C(N[C@@H]1CCOC1)c1ccc(S(=O)(=O)N2CCSCC2)cc1. The number of thioether (sulfide) groups is 1. The first-order valence-corrected chi connectivity index (χ1v) is 10.2. The van der Waals surface area contributed by atoms with Crippen molar-refractivity contribution in [3.63, 3.8) is 0 Å². The van der Waals surface area contributed by atoms with Crippen LogP contribution in [0.5, 0.6) is 0 Å². The van der Waals surface area contributed by atoms with Crippen molar-refractivity contribution in [2.75, 3.05) is 37.8 Å². The van der Waals surface area contributed by atoms with E-state index in [2.05, 4.69) is 5.32 Å². The molecule has 0 radical (unpaired) electrons. The van der Waals surface area contributed by atoms with Gasteiger partial charge >= 0.3 is 0 Å². The average molecular weight is 356 g/mol. The third-order valence-corrected chi connectivity index (χ3v) is 6.84. The number of ether oxygens (including phenoxy) is 1. The van der Waals surface area contributed by atoms with Gasteiger partial charge in [-0.15, -0.1) is 0 Å². The van der Waals surface area contributed by atoms with E-state index in [1.165, 1.54) is 16.4 Å². The maximum absolute atomic E-state index is 12.5. The Morgan fingerprint density at radius 1 is 1.22 bits per heavy atom. The number of hydrogen-bond acceptors (Lipinski definition) is 5. The summed E-state index contributed by atoms with van der Waals surface area (Å²) in [5, 5.41) is 2.89. The van der Waals surface area contributed by atoms with Crippen LogP contribution in [0.2, 0.25) is 0 Å². The van der Waals surface area contributed by atoms with Crippen molar-refractivity contribution in [3.05, 3.63) is 29.8 Å². The maximum Gasteiger partial charge on any atom is 0.251 e. The van der Waals surface area contributed by atoms with E-state index in [1.807, 2.05) is 0 Å². The molecule has 2 saturated heterocycles. The van der Waals surface area contributed by atoms with Gasteiger partial charge in [-0.1, -0.05) is 0 Å². The number of hydrogen-bond donors (Lipinski definition) is 1. The fourth-order valence-corrected chi connectivity index (χ4v) is 5.21. The minimum atomic E-state index is -3.46. The lowest BCUT2D eigenvalue weighted by atomic mass is 10.2. The average Bonchev–Trinajstić information content (AvgIpc) is 3.09. The van der Waals surface area contributed by atoms with Gasteiger partial charge in [0.05, 0.1) is 17.5 Å². The van der Waals surface area contributed by atoms with Gasteiger partial charge in [0.25, 0.3) is 5.91 Å². The minimum Gasteiger partial charge on any atom is -0.379 e. The Bertz CT molecular complexity index is 649. The number of carbonyl (C=O) groups is 1. The molecule has 2 fully saturated rings. The van der Waals surface area contributed by atoms with Crippen molar-refractivity contribution >= 4 is 27.7 Å². The zero-order chi connectivity index (χ0) is 16.3. The molecule has 1 atom stereocenters. The summed E-state index contributed by atoms with van der Waals surface area (Å²) in [6.07, 6.45) is 0.811. The number of carbonyl (C=O) groups excluding carboxylic acids is 1. The normalized spacial score (nSPS) is 22.9. The molecule has 1 aromatic rings. The number of nitrogens with zero attached hydrogens (tertiary/aromatic N) is 1. The maximum atomic E-state index is 12.5. The summed E-state index contributed by atoms with van der Waals surface area (Å²) in [5.41, 5.74) is 0.463. The van der Waals surface area contributed by atoms with Crippen LogP contribution >= 0.6 is 11.8 Å². The van der Waals surface area contributed by atoms with E-state index < -0.39 is 10.0 Å². The highest BCUT2D eigenvalue weighted by Crippen LogP contribution is 2.20. The second-order valence-electron chi connectivity index (χ2n) is 5.57. The fourth-order valence-electron chi connectivity index (χ4n) is 2.63. The van der Waals surface area contributed by atoms with E-state index in [0.717, 1.165) is 17.9 Å². The lowest BCUT2D eigenvalue weighted by Crippen LogP contribution is -2.38. The number of amides is 1. The fraction of sp³-hybridized carbons (Fsp3) is 0.533. The summed E-state index contributed by atoms with van der Waals surface area (Å²) in [7, 11) is -3.46. The Morgan fingerprint density at radius 2 is 1.91 bits per heavy atom. The molecule has 0 bridgehead atoms. The first kappa shape index (κ1) is 16.8. The van der Waals surface area contributed by atoms with Crippen LogP contribution in [-0.2, 0) is 14.8 Å². The first-order chi connectivity index (χ1) is 11.1. The van der Waals surface area contributed by atoms with E-state index in [1.54, 1.807) is 23.9 Å². The quantitative estimate of drug-likeness (QED) is 0.869. The molecule has 2 aliphatic heterocycles. The second-order valence-corrected chi connectivity index (χ2v) is 8.74. The Kier molecular flexibility index (Phi) is 5.25. The van der Waals surface area contributed by atoms with Crippen molar-refractivity contribution in [1.29, 1.82) is 0 Å². The third-order valence-electron chi connectivity index (χ3n) is 3.99. The van der Waals surface area contributed by atoms with Crippen LogP contribution in [0, 0.1) is 0 Å². The summed E-state index contributed by atoms with van der Waals surface area (Å²) in [4.78, 5) is 12.4. The molecule has 1 N–H and O–H groups in total. The molecule has 0 spiro atoms. The van der Waals surface area contributed by atoms with Crippen molar-refractivity contribution in [2.45, 2.75) is 17.4 Å². The monoisotopic (exact) mass is 356 g/mol. The largest absolute Gasteiger partial charge is 0.379 e. The van der Waals surface area contributed by atoms with Crippen molar-refractivity contribution in [1.82, 2.24) is 9.62 Å². The molecular weight excluding hydrogens is 336 g/mol. The van der Waals surface area contributed by atoms with E-state index in [-0.39, 0.29) is 16.8 Å². The van der Waals surface area contributed by atoms with Gasteiger partial charge in [0.2, 0.25) is 10.0 Å². The summed E-state index contributed by atoms with van der Waals surface area (Å²) in [5.74, 6) is 1.45. The van der Waals surface area contributed by atoms with Gasteiger partial charge in [-0.3, -0.25) is 4.79 Å². The zero-order valence-corrected chi connectivity index (χ0v) is 14.4. The standard InChI is InChI=1S/C15H20N2O4S2/c18-15(16-13-5-8-21-11-13)12-1-3-14(4-2-12)23(19,20)17-6-9-22-10-7-17/h1-4,13H,5-11H2,(H,16,18)/t13-/m1/s1. The second kappa shape index (κ2) is 7.21. The number of benzene rings is 1.